The van der Waals surface area contributed by atoms with Crippen molar-refractivity contribution in [3.63, 3.8) is 0 Å². The molecule has 8 heavy (non-hydrogen) atoms. The third-order valence-corrected chi connectivity index (χ3v) is 10.4. The van der Waals surface area contributed by atoms with Gasteiger partial charge in [-0.2, -0.15) is 0 Å². The summed E-state index contributed by atoms with van der Waals surface area (Å²) < 4.78 is 0. The van der Waals surface area contributed by atoms with Crippen molar-refractivity contribution in [3.05, 3.63) is 12.4 Å². The Morgan fingerprint density at radius 2 is 2.25 bits per heavy atom. The summed E-state index contributed by atoms with van der Waals surface area (Å²) in [6, 6.07) is 0. The Bertz CT molecular complexity index is 74.6. The predicted octanol–water partition coefficient (Wildman–Crippen LogP) is 2.75. The molecule has 0 amide bonds. The van der Waals surface area contributed by atoms with Gasteiger partial charge >= 0.3 is 54.0 Å². The molecule has 0 radical (unpaired) electrons. The summed E-state index contributed by atoms with van der Waals surface area (Å²) in [5, 5.41) is 0. The molecule has 2 heteroatoms. The molecule has 0 saturated heterocycles. The topological polar surface area (TPSA) is 0 Å². The van der Waals surface area contributed by atoms with Gasteiger partial charge in [-0.3, -0.25) is 0 Å². The average molecular weight is 150 g/mol. The summed E-state index contributed by atoms with van der Waals surface area (Å²) in [4.78, 5) is 0. The summed E-state index contributed by atoms with van der Waals surface area (Å²) in [5.74, 6) is 2.20. The van der Waals surface area contributed by atoms with Gasteiger partial charge in [0.1, 0.15) is 0 Å². The van der Waals surface area contributed by atoms with E-state index in [1.165, 1.54) is 6.16 Å². The van der Waals surface area contributed by atoms with Crippen LogP contribution in [0.2, 0.25) is 0 Å². The normalized spacial score (nSPS) is 14.9. The van der Waals surface area contributed by atoms with Gasteiger partial charge < -0.3 is 0 Å². The first kappa shape index (κ1) is 8.60. The minimum atomic E-state index is -0.880. The van der Waals surface area contributed by atoms with E-state index in [-0.39, 0.29) is 0 Å². The molecule has 0 aromatic rings. The number of rotatable bonds is 3. The summed E-state index contributed by atoms with van der Waals surface area (Å²) in [6.45, 7) is 9.91. The van der Waals surface area contributed by atoms with Crippen LogP contribution >= 0.6 is 15.2 Å². The summed E-state index contributed by atoms with van der Waals surface area (Å²) in [7, 11) is 1.12. The zero-order chi connectivity index (χ0) is 6.62. The van der Waals surface area contributed by atoms with Crippen LogP contribution in [-0.2, 0) is 0 Å². The summed E-state index contributed by atoms with van der Waals surface area (Å²) >= 11 is 0. The third kappa shape index (κ3) is 2.25. The van der Waals surface area contributed by atoms with Crippen LogP contribution in [0.1, 0.15) is 6.92 Å². The van der Waals surface area contributed by atoms with Gasteiger partial charge in [0.2, 0.25) is 0 Å². The van der Waals surface area contributed by atoms with E-state index in [1.54, 1.807) is 0 Å². The molecule has 0 bridgehead atoms. The molecule has 0 N–H and O–H groups in total. The van der Waals surface area contributed by atoms with Gasteiger partial charge in [-0.25, -0.2) is 0 Å². The Balaban J connectivity index is 3.76. The number of hydrogen-bond acceptors (Lipinski definition) is 0. The van der Waals surface area contributed by atoms with Crippen LogP contribution < -0.4 is 0 Å². The predicted molar refractivity (Wildman–Crippen MR) is 49.2 cm³/mol. The van der Waals surface area contributed by atoms with Crippen LogP contribution in [0.15, 0.2) is 12.4 Å². The van der Waals surface area contributed by atoms with E-state index in [2.05, 4.69) is 32.6 Å². The van der Waals surface area contributed by atoms with Gasteiger partial charge in [0.15, 0.2) is 0 Å². The van der Waals surface area contributed by atoms with Crippen molar-refractivity contribution in [2.45, 2.75) is 6.92 Å². The Labute approximate surface area is 54.8 Å². The van der Waals surface area contributed by atoms with Crippen LogP contribution in [0.3, 0.4) is 0 Å². The molecule has 0 aliphatic rings. The van der Waals surface area contributed by atoms with Crippen molar-refractivity contribution in [2.75, 3.05) is 19.5 Å². The van der Waals surface area contributed by atoms with Gasteiger partial charge in [-0.1, -0.05) is 0 Å². The third-order valence-electron chi connectivity index (χ3n) is 1.76. The van der Waals surface area contributed by atoms with E-state index in [0.717, 1.165) is 8.27 Å². The second-order valence-electron chi connectivity index (χ2n) is 2.23. The SMILES string of the molecule is C=C[PH](C)(CC)PC. The molecule has 0 rings (SSSR count). The van der Waals surface area contributed by atoms with E-state index in [1.807, 2.05) is 0 Å². The summed E-state index contributed by atoms with van der Waals surface area (Å²) in [6.07, 6.45) is 1.35. The van der Waals surface area contributed by atoms with E-state index < -0.39 is 6.95 Å². The van der Waals surface area contributed by atoms with Gasteiger partial charge in [-0.15, -0.1) is 0 Å². The molecule has 0 aliphatic carbocycles. The minimum absolute atomic E-state index is 0.880. The molecule has 0 heterocycles. The zero-order valence-electron chi connectivity index (χ0n) is 5.99. The van der Waals surface area contributed by atoms with E-state index >= 15 is 0 Å². The van der Waals surface area contributed by atoms with Crippen molar-refractivity contribution >= 4 is 15.2 Å². The molecule has 1 atom stereocenters. The molecule has 0 saturated carbocycles. The van der Waals surface area contributed by atoms with Gasteiger partial charge in [0.05, 0.1) is 0 Å². The average Bonchev–Trinajstić information content (AvgIpc) is 1.87. The van der Waals surface area contributed by atoms with Crippen molar-refractivity contribution in [2.24, 2.45) is 0 Å². The molecule has 0 nitrogen and oxygen atoms in total. The molecular weight excluding hydrogens is 134 g/mol. The maximum atomic E-state index is 3.84. The fraction of sp³-hybridized carbons (Fsp3) is 0.667. The van der Waals surface area contributed by atoms with Crippen LogP contribution in [0.4, 0.5) is 0 Å². The molecular formula is C6H16P2. The first-order valence-electron chi connectivity index (χ1n) is 3.01. The van der Waals surface area contributed by atoms with Crippen molar-refractivity contribution in [3.8, 4) is 0 Å². The molecule has 0 aromatic carbocycles. The number of hydrogen-bond donors (Lipinski definition) is 0. The van der Waals surface area contributed by atoms with Crippen LogP contribution in [0.25, 0.3) is 0 Å². The standard InChI is InChI=1S/C6H16P2/c1-5-8(4,6-2)7-3/h5,7-8H,1,6H2,2-4H3. The monoisotopic (exact) mass is 150 g/mol. The quantitative estimate of drug-likeness (QED) is 0.542. The second kappa shape index (κ2) is 3.59. The molecule has 50 valence electrons. The first-order chi connectivity index (χ1) is 3.68. The Morgan fingerprint density at radius 1 is 1.75 bits per heavy atom. The molecule has 0 aliphatic heterocycles. The van der Waals surface area contributed by atoms with Gasteiger partial charge in [0, 0.05) is 0 Å². The Hall–Kier alpha value is 0.600. The summed E-state index contributed by atoms with van der Waals surface area (Å²) in [5.41, 5.74) is 0. The molecule has 0 fully saturated rings. The zero-order valence-corrected chi connectivity index (χ0v) is 7.99. The molecule has 0 aromatic heterocycles. The first-order valence-corrected chi connectivity index (χ1v) is 8.29. The second-order valence-corrected chi connectivity index (χ2v) is 11.6. The van der Waals surface area contributed by atoms with Crippen LogP contribution in [-0.4, -0.2) is 19.5 Å². The molecule has 0 spiro atoms. The fourth-order valence-electron chi connectivity index (χ4n) is 0.423. The van der Waals surface area contributed by atoms with E-state index in [9.17, 15) is 0 Å². The maximum absolute atomic E-state index is 3.84. The van der Waals surface area contributed by atoms with Crippen molar-refractivity contribution < 1.29 is 0 Å². The fourth-order valence-corrected chi connectivity index (χ4v) is 2.94. The van der Waals surface area contributed by atoms with Crippen molar-refractivity contribution in [1.82, 2.24) is 0 Å². The Kier molecular flexibility index (Phi) is 3.86. The van der Waals surface area contributed by atoms with Crippen LogP contribution in [0, 0.1) is 0 Å². The Morgan fingerprint density at radius 3 is 2.25 bits per heavy atom. The van der Waals surface area contributed by atoms with Crippen LogP contribution in [0.5, 0.6) is 0 Å². The van der Waals surface area contributed by atoms with E-state index in [0.29, 0.717) is 0 Å². The van der Waals surface area contributed by atoms with Gasteiger partial charge in [0.25, 0.3) is 0 Å². The van der Waals surface area contributed by atoms with Gasteiger partial charge in [-0.05, 0) is 0 Å². The molecule has 1 unspecified atom stereocenters. The van der Waals surface area contributed by atoms with Crippen molar-refractivity contribution in [1.29, 1.82) is 0 Å². The van der Waals surface area contributed by atoms with E-state index in [4.69, 9.17) is 0 Å².